The lowest BCUT2D eigenvalue weighted by atomic mass is 10.1. The summed E-state index contributed by atoms with van der Waals surface area (Å²) in [6, 6.07) is 14.2. The molecule has 1 amide bonds. The highest BCUT2D eigenvalue weighted by atomic mass is 79.9. The van der Waals surface area contributed by atoms with Gasteiger partial charge >= 0.3 is 0 Å². The van der Waals surface area contributed by atoms with Crippen LogP contribution in [0.5, 0.6) is 0 Å². The van der Waals surface area contributed by atoms with Gasteiger partial charge in [0, 0.05) is 37.2 Å². The summed E-state index contributed by atoms with van der Waals surface area (Å²) in [4.78, 5) is 14.3. The van der Waals surface area contributed by atoms with E-state index < -0.39 is 0 Å². The fourth-order valence-corrected chi connectivity index (χ4v) is 2.59. The topological polar surface area (TPSA) is 24.2 Å². The van der Waals surface area contributed by atoms with Crippen molar-refractivity contribution in [3.63, 3.8) is 0 Å². The first-order valence-corrected chi connectivity index (χ1v) is 8.02. The van der Waals surface area contributed by atoms with Gasteiger partial charge in [0.1, 0.15) is 6.54 Å². The van der Waals surface area contributed by atoms with Gasteiger partial charge in [0.15, 0.2) is 12.4 Å². The summed E-state index contributed by atoms with van der Waals surface area (Å²) in [5, 5.41) is 0. The third-order valence-electron chi connectivity index (χ3n) is 3.76. The van der Waals surface area contributed by atoms with Crippen LogP contribution in [0.1, 0.15) is 31.7 Å². The Morgan fingerprint density at radius 2 is 1.83 bits per heavy atom. The first kappa shape index (κ1) is 19.4. The monoisotopic (exact) mass is 376 g/mol. The molecule has 0 fully saturated rings. The van der Waals surface area contributed by atoms with Crippen molar-refractivity contribution in [2.24, 2.45) is 0 Å². The first-order chi connectivity index (χ1) is 10.7. The second kappa shape index (κ2) is 10.2. The molecule has 1 aromatic carbocycles. The van der Waals surface area contributed by atoms with Crippen LogP contribution in [0.2, 0.25) is 0 Å². The van der Waals surface area contributed by atoms with E-state index in [2.05, 4.69) is 36.0 Å². The fraction of sp³-hybridized carbons (Fsp3) is 0.368. The number of carbonyl (C=O) groups excluding carboxylic acids is 1. The van der Waals surface area contributed by atoms with Gasteiger partial charge in [-0.05, 0) is 38.0 Å². The van der Waals surface area contributed by atoms with Crippen molar-refractivity contribution in [3.8, 4) is 0 Å². The number of halogens is 1. The van der Waals surface area contributed by atoms with Gasteiger partial charge in [0.05, 0.1) is 0 Å². The average molecular weight is 377 g/mol. The van der Waals surface area contributed by atoms with Crippen LogP contribution in [0.4, 0.5) is 5.69 Å². The molecule has 23 heavy (non-hydrogen) atoms. The molecule has 1 aromatic heterocycles. The fourth-order valence-electron chi connectivity index (χ4n) is 2.59. The number of hydrogen-bond acceptors (Lipinski definition) is 1. The zero-order valence-corrected chi connectivity index (χ0v) is 15.5. The summed E-state index contributed by atoms with van der Waals surface area (Å²) in [5.74, 6) is 0.214. The predicted molar refractivity (Wildman–Crippen MR) is 89.7 cm³/mol. The van der Waals surface area contributed by atoms with Gasteiger partial charge in [0.2, 0.25) is 5.91 Å². The van der Waals surface area contributed by atoms with Crippen molar-refractivity contribution in [3.05, 3.63) is 60.4 Å². The molecule has 0 aliphatic rings. The number of anilines is 1. The van der Waals surface area contributed by atoms with Gasteiger partial charge in [-0.2, -0.15) is 0 Å². The minimum absolute atomic E-state index is 0. The molecule has 0 aliphatic heterocycles. The molecule has 0 atom stereocenters. The Labute approximate surface area is 149 Å². The first-order valence-electron chi connectivity index (χ1n) is 8.02. The highest BCUT2D eigenvalue weighted by Gasteiger charge is 2.13. The summed E-state index contributed by atoms with van der Waals surface area (Å²) in [5.41, 5.74) is 2.19. The zero-order valence-electron chi connectivity index (χ0n) is 13.9. The van der Waals surface area contributed by atoms with Gasteiger partial charge in [-0.3, -0.25) is 4.79 Å². The smallest absolute Gasteiger partial charge is 0.226 e. The number of aryl methyl sites for hydroxylation is 2. The van der Waals surface area contributed by atoms with Crippen LogP contribution in [0.25, 0.3) is 0 Å². The Hall–Kier alpha value is -1.68. The Bertz CT molecular complexity index is 601. The summed E-state index contributed by atoms with van der Waals surface area (Å²) in [6.45, 7) is 5.76. The number of nitrogens with zero attached hydrogens (tertiary/aromatic N) is 2. The predicted octanol–water partition coefficient (Wildman–Crippen LogP) is 0.510. The Kier molecular flexibility index (Phi) is 8.56. The number of hydrogen-bond donors (Lipinski definition) is 0. The van der Waals surface area contributed by atoms with E-state index in [1.54, 1.807) is 0 Å². The van der Waals surface area contributed by atoms with E-state index in [4.69, 9.17) is 0 Å². The largest absolute Gasteiger partial charge is 1.00 e. The maximum Gasteiger partial charge on any atom is 0.226 e. The van der Waals surface area contributed by atoms with Crippen LogP contribution in [-0.4, -0.2) is 12.5 Å². The molecule has 0 spiro atoms. The lowest BCUT2D eigenvalue weighted by Gasteiger charge is -2.21. The summed E-state index contributed by atoms with van der Waals surface area (Å²) in [7, 11) is 0. The number of aromatic nitrogens is 1. The Morgan fingerprint density at radius 1 is 1.09 bits per heavy atom. The number of pyridine rings is 1. The summed E-state index contributed by atoms with van der Waals surface area (Å²) < 4.78 is 2.16. The molecule has 4 heteroatoms. The van der Waals surface area contributed by atoms with Gasteiger partial charge in [-0.25, -0.2) is 4.57 Å². The molecule has 2 aromatic rings. The van der Waals surface area contributed by atoms with Crippen LogP contribution in [0.15, 0.2) is 54.9 Å². The standard InChI is InChI=1S/C19H25N2O.BrH/c1-3-21(18-11-9-10-17(2)16-18)19(22)12-5-8-15-20-13-6-4-7-14-20;/h4,6-7,9-11,13-14,16H,3,5,8,12,15H2,1-2H3;1H/q+1;/p-1. The van der Waals surface area contributed by atoms with Crippen molar-refractivity contribution in [1.29, 1.82) is 0 Å². The minimum atomic E-state index is 0. The number of amides is 1. The average Bonchev–Trinajstić information content (AvgIpc) is 2.53. The molecule has 1 heterocycles. The molecule has 2 rings (SSSR count). The van der Waals surface area contributed by atoms with Crippen LogP contribution in [0.3, 0.4) is 0 Å². The third kappa shape index (κ3) is 6.14. The van der Waals surface area contributed by atoms with Crippen molar-refractivity contribution in [1.82, 2.24) is 0 Å². The molecule has 0 aliphatic carbocycles. The van der Waals surface area contributed by atoms with E-state index >= 15 is 0 Å². The van der Waals surface area contributed by atoms with Crippen molar-refractivity contribution >= 4 is 11.6 Å². The second-order valence-electron chi connectivity index (χ2n) is 5.55. The van der Waals surface area contributed by atoms with Gasteiger partial charge in [0.25, 0.3) is 0 Å². The molecule has 3 nitrogen and oxygen atoms in total. The van der Waals surface area contributed by atoms with E-state index in [1.807, 2.05) is 42.2 Å². The van der Waals surface area contributed by atoms with Crippen molar-refractivity contribution < 1.29 is 26.3 Å². The van der Waals surface area contributed by atoms with Gasteiger partial charge < -0.3 is 21.9 Å². The van der Waals surface area contributed by atoms with Crippen LogP contribution < -0.4 is 26.4 Å². The van der Waals surface area contributed by atoms with E-state index in [9.17, 15) is 4.79 Å². The third-order valence-corrected chi connectivity index (χ3v) is 3.76. The number of carbonyl (C=O) groups is 1. The molecule has 124 valence electrons. The van der Waals surface area contributed by atoms with E-state index in [0.29, 0.717) is 6.42 Å². The maximum atomic E-state index is 12.4. The Balaban J connectivity index is 0.00000264. The van der Waals surface area contributed by atoms with Crippen LogP contribution in [-0.2, 0) is 11.3 Å². The molecule has 0 unspecified atom stereocenters. The van der Waals surface area contributed by atoms with Gasteiger partial charge in [-0.1, -0.05) is 18.2 Å². The van der Waals surface area contributed by atoms with Crippen molar-refractivity contribution in [2.75, 3.05) is 11.4 Å². The van der Waals surface area contributed by atoms with E-state index in [0.717, 1.165) is 31.6 Å². The molecular weight excluding hydrogens is 352 g/mol. The van der Waals surface area contributed by atoms with E-state index in [1.165, 1.54) is 5.56 Å². The lowest BCUT2D eigenvalue weighted by molar-refractivity contribution is -0.697. The molecule has 0 saturated carbocycles. The second-order valence-corrected chi connectivity index (χ2v) is 5.55. The highest BCUT2D eigenvalue weighted by molar-refractivity contribution is 5.93. The molecule has 0 N–H and O–H groups in total. The quantitative estimate of drug-likeness (QED) is 0.510. The highest BCUT2D eigenvalue weighted by Crippen LogP contribution is 2.17. The van der Waals surface area contributed by atoms with E-state index in [-0.39, 0.29) is 22.9 Å². The molecule has 0 radical (unpaired) electrons. The SMILES string of the molecule is CCN(C(=O)CCCC[n+]1ccccc1)c1cccc(C)c1.[Br-]. The normalized spacial score (nSPS) is 10.0. The zero-order chi connectivity index (χ0) is 15.8. The van der Waals surface area contributed by atoms with Crippen molar-refractivity contribution in [2.45, 2.75) is 39.7 Å². The number of benzene rings is 1. The minimum Gasteiger partial charge on any atom is -1.00 e. The lowest BCUT2D eigenvalue weighted by Crippen LogP contribution is -3.00. The molecular formula is C19H25BrN2O. The van der Waals surface area contributed by atoms with Gasteiger partial charge in [-0.15, -0.1) is 0 Å². The molecule has 0 saturated heterocycles. The summed E-state index contributed by atoms with van der Waals surface area (Å²) >= 11 is 0. The maximum absolute atomic E-state index is 12.4. The molecule has 0 bridgehead atoms. The van der Waals surface area contributed by atoms with Crippen LogP contribution in [0, 0.1) is 6.92 Å². The summed E-state index contributed by atoms with van der Waals surface area (Å²) in [6.07, 6.45) is 6.67. The number of rotatable bonds is 7. The van der Waals surface area contributed by atoms with Crippen LogP contribution >= 0.6 is 0 Å². The number of unbranched alkanes of at least 4 members (excludes halogenated alkanes) is 1. The Morgan fingerprint density at radius 3 is 2.48 bits per heavy atom.